The SMILES string of the molecule is CC(C)C(C)C1OC1C1(O)CC=CC2CC3C4=CC(=O)C5(CC6OCCC7CCCC7(C6(O)CO)C35C)C(O)SSCC3CCCC(CO)C35C(=O)N(CC53CCC(C5CC6C=C7C=CCOC7CC6C6(CCCCC6)N5)C3O)c3cc(O)cc(c3)CCC23C1CCC43O. The third-order valence-corrected chi connectivity index (χ3v) is 34.5. The molecule has 15 nitrogen and oxygen atoms in total. The molecule has 9 N–H and O–H groups in total. The van der Waals surface area contributed by atoms with Crippen LogP contribution in [0.5, 0.6) is 5.75 Å². The molecule has 26 atom stereocenters. The molecule has 17 heteroatoms. The molecule has 6 spiro atoms. The van der Waals surface area contributed by atoms with E-state index < -0.39 is 97.4 Å². The predicted octanol–water partition coefficient (Wildman–Crippen LogP) is 9.84. The number of carbonyl (C=O) groups is 2. The van der Waals surface area contributed by atoms with Crippen LogP contribution in [-0.4, -0.2) is 156 Å². The Morgan fingerprint density at radius 2 is 1.67 bits per heavy atom. The fourth-order valence-electron chi connectivity index (χ4n) is 27.8. The van der Waals surface area contributed by atoms with Gasteiger partial charge in [0.1, 0.15) is 28.5 Å². The van der Waals surface area contributed by atoms with Gasteiger partial charge in [0.15, 0.2) is 5.78 Å². The highest BCUT2D eigenvalue weighted by Gasteiger charge is 2.86. The number of ketones is 1. The molecule has 10 bridgehead atoms. The number of phenols is 1. The molecule has 1 aromatic carbocycles. The molecule has 514 valence electrons. The lowest BCUT2D eigenvalue weighted by atomic mass is 9.30. The number of aliphatic hydroxyl groups is 7. The van der Waals surface area contributed by atoms with Crippen molar-refractivity contribution >= 4 is 39.0 Å². The third kappa shape index (κ3) is 8.11. The van der Waals surface area contributed by atoms with Gasteiger partial charge in [0.2, 0.25) is 5.91 Å². The van der Waals surface area contributed by atoms with Crippen molar-refractivity contribution in [2.75, 3.05) is 43.6 Å². The van der Waals surface area contributed by atoms with Crippen molar-refractivity contribution in [1.29, 1.82) is 0 Å². The van der Waals surface area contributed by atoms with Gasteiger partial charge in [-0.1, -0.05) is 112 Å². The Morgan fingerprint density at radius 1 is 0.851 bits per heavy atom. The van der Waals surface area contributed by atoms with Crippen molar-refractivity contribution < 1.29 is 64.7 Å². The number of ether oxygens (including phenoxy) is 3. The number of amides is 1. The molecule has 10 aliphatic carbocycles. The number of epoxide rings is 1. The van der Waals surface area contributed by atoms with Gasteiger partial charge in [-0.3, -0.25) is 9.59 Å². The lowest BCUT2D eigenvalue weighted by Gasteiger charge is -2.75. The molecule has 8 heterocycles. The number of allylic oxidation sites excluding steroid dienone is 3. The molecule has 0 radical (unpaired) electrons. The van der Waals surface area contributed by atoms with Gasteiger partial charge in [0.05, 0.1) is 54.1 Å². The van der Waals surface area contributed by atoms with Gasteiger partial charge in [-0.25, -0.2) is 0 Å². The maximum absolute atomic E-state index is 17.1. The third-order valence-electron chi connectivity index (χ3n) is 31.9. The van der Waals surface area contributed by atoms with Crippen LogP contribution < -0.4 is 10.2 Å². The summed E-state index contributed by atoms with van der Waals surface area (Å²) in [6, 6.07) is 5.49. The van der Waals surface area contributed by atoms with Crippen molar-refractivity contribution in [1.82, 2.24) is 5.32 Å². The Balaban J connectivity index is 0.833. The molecule has 11 fully saturated rings. The number of aryl methyl sites for hydroxylation is 1. The highest BCUT2D eigenvalue weighted by atomic mass is 33.1. The smallest absolute Gasteiger partial charge is 0.234 e. The van der Waals surface area contributed by atoms with E-state index in [4.69, 9.17) is 14.2 Å². The van der Waals surface area contributed by atoms with Crippen LogP contribution in [0.1, 0.15) is 175 Å². The van der Waals surface area contributed by atoms with E-state index in [0.717, 1.165) is 63.4 Å². The fourth-order valence-corrected chi connectivity index (χ4v) is 30.8. The number of aromatic hydroxyl groups is 1. The van der Waals surface area contributed by atoms with E-state index in [2.05, 4.69) is 63.4 Å². The van der Waals surface area contributed by atoms with Crippen molar-refractivity contribution in [3.8, 4) is 5.75 Å². The summed E-state index contributed by atoms with van der Waals surface area (Å²) in [5, 5.41) is 112. The molecule has 1 amide bonds. The number of piperidine rings is 1. The van der Waals surface area contributed by atoms with Crippen LogP contribution in [0, 0.1) is 97.6 Å². The Kier molecular flexibility index (Phi) is 15.5. The molecule has 18 aliphatic rings. The molecule has 4 saturated heterocycles. The number of fused-ring (bicyclic) bond motifs is 5. The maximum Gasteiger partial charge on any atom is 0.234 e. The molecular weight excluding hydrogens is 1220 g/mol. The highest BCUT2D eigenvalue weighted by molar-refractivity contribution is 8.76. The van der Waals surface area contributed by atoms with Gasteiger partial charge < -0.3 is 65.3 Å². The zero-order valence-electron chi connectivity index (χ0n) is 56.0. The van der Waals surface area contributed by atoms with Gasteiger partial charge in [-0.15, -0.1) is 0 Å². The maximum atomic E-state index is 17.1. The molecule has 26 unspecified atom stereocenters. The van der Waals surface area contributed by atoms with E-state index >= 15 is 9.59 Å². The average molecular weight is 1330 g/mol. The predicted molar refractivity (Wildman–Crippen MR) is 360 cm³/mol. The Bertz CT molecular complexity index is 3350. The number of aliphatic hydroxyl groups excluding tert-OH is 4. The van der Waals surface area contributed by atoms with Crippen LogP contribution in [0.4, 0.5) is 5.69 Å². The minimum Gasteiger partial charge on any atom is -0.508 e. The summed E-state index contributed by atoms with van der Waals surface area (Å²) in [5.41, 5.74) is -10.6. The van der Waals surface area contributed by atoms with E-state index in [1.807, 2.05) is 11.0 Å². The number of rotatable bonds is 6. The quantitative estimate of drug-likeness (QED) is 0.0731. The summed E-state index contributed by atoms with van der Waals surface area (Å²) < 4.78 is 19.9. The van der Waals surface area contributed by atoms with Crippen molar-refractivity contribution in [3.63, 3.8) is 0 Å². The molecule has 19 rings (SSSR count). The van der Waals surface area contributed by atoms with E-state index in [9.17, 15) is 40.9 Å². The van der Waals surface area contributed by atoms with Crippen molar-refractivity contribution in [2.24, 2.45) is 97.6 Å². The first-order valence-corrected chi connectivity index (χ1v) is 39.7. The van der Waals surface area contributed by atoms with E-state index in [0.29, 0.717) is 119 Å². The van der Waals surface area contributed by atoms with E-state index in [-0.39, 0.29) is 96.8 Å². The summed E-state index contributed by atoms with van der Waals surface area (Å²) in [6.45, 7) is 9.03. The summed E-state index contributed by atoms with van der Waals surface area (Å²) in [4.78, 5) is 35.8. The van der Waals surface area contributed by atoms with Gasteiger partial charge in [0, 0.05) is 76.9 Å². The van der Waals surface area contributed by atoms with Crippen LogP contribution in [-0.2, 0) is 30.2 Å². The van der Waals surface area contributed by atoms with Crippen LogP contribution in [0.15, 0.2) is 65.8 Å². The topological polar surface area (TPSA) is 242 Å². The number of hydrogen-bond acceptors (Lipinski definition) is 16. The van der Waals surface area contributed by atoms with Gasteiger partial charge in [-0.05, 0) is 209 Å². The van der Waals surface area contributed by atoms with Crippen molar-refractivity contribution in [3.05, 3.63) is 71.4 Å². The first-order chi connectivity index (χ1) is 45.1. The summed E-state index contributed by atoms with van der Waals surface area (Å²) in [6.07, 6.45) is 25.9. The molecule has 0 aromatic heterocycles. The van der Waals surface area contributed by atoms with Crippen LogP contribution in [0.3, 0.4) is 0 Å². The zero-order chi connectivity index (χ0) is 65.1. The van der Waals surface area contributed by atoms with Crippen LogP contribution in [0.2, 0.25) is 0 Å². The molecule has 8 aliphatic heterocycles. The van der Waals surface area contributed by atoms with Crippen molar-refractivity contribution in [2.45, 2.75) is 240 Å². The summed E-state index contributed by atoms with van der Waals surface area (Å²) in [5.74, 6) is -1.64. The lowest BCUT2D eigenvalue weighted by molar-refractivity contribution is -0.317. The second kappa shape index (κ2) is 22.4. The summed E-state index contributed by atoms with van der Waals surface area (Å²) in [7, 11) is 2.74. The number of nitrogens with one attached hydrogen (secondary N) is 1. The monoisotopic (exact) mass is 1330 g/mol. The Labute approximate surface area is 563 Å². The average Bonchev–Trinajstić information content (AvgIpc) is 1.16. The molecule has 94 heavy (non-hydrogen) atoms. The number of anilines is 1. The normalized spacial score (nSPS) is 51.5. The summed E-state index contributed by atoms with van der Waals surface area (Å²) >= 11 is 0. The van der Waals surface area contributed by atoms with Gasteiger partial charge in [-0.2, -0.15) is 0 Å². The number of nitrogens with zero attached hydrogens (tertiary/aromatic N) is 1. The Hall–Kier alpha value is -2.62. The molecule has 1 aromatic rings. The number of hydrogen-bond donors (Lipinski definition) is 9. The molecular formula is C77H106N2O13S2. The van der Waals surface area contributed by atoms with Crippen LogP contribution >= 0.6 is 21.6 Å². The minimum atomic E-state index is -1.80. The Morgan fingerprint density at radius 3 is 2.47 bits per heavy atom. The second-order valence-corrected chi connectivity index (χ2v) is 37.0. The fraction of sp³-hybridized carbons (Fsp3) is 0.792. The van der Waals surface area contributed by atoms with E-state index in [1.165, 1.54) is 33.6 Å². The minimum absolute atomic E-state index is 0.00476. The lowest BCUT2D eigenvalue weighted by Crippen LogP contribution is -2.80. The van der Waals surface area contributed by atoms with Gasteiger partial charge in [0.25, 0.3) is 0 Å². The largest absolute Gasteiger partial charge is 0.508 e. The number of benzene rings is 1. The van der Waals surface area contributed by atoms with Crippen LogP contribution in [0.25, 0.3) is 0 Å². The first kappa shape index (κ1) is 64.7. The van der Waals surface area contributed by atoms with E-state index in [1.54, 1.807) is 18.2 Å². The first-order valence-electron chi connectivity index (χ1n) is 37.3. The van der Waals surface area contributed by atoms with Gasteiger partial charge >= 0.3 is 0 Å². The standard InChI is InChI=1S/C77H106N2O13S2/c1-43(2)44(3)63-65(92-63)73(87)23-9-16-49-34-56-57-37-61(83)72(38-62-76(89,42-81)74(68(56,72)4)24-10-15-48(74)20-29-91-62)67(86)94-93-40-51-14-8-13-50(39-80)77(51)66(85)79(52-30-45(31-53(82)35-52)17-26-71(49)60(73)19-27-75(57,71)88)41-69(77)25-18-54(64(69)84)58-33-47-32-46-12-11-28-90-59(46)36-55(47)70(78-58)21-6-5-7-22-70/h9,11-12,16,30-32,35,37,43-44,47-51,54-56,58-60,62-65,67,78,80-82,84,86-89H,5-8,10,13-15,17-29,33-34,36,38-42H2,1-4H3. The zero-order valence-corrected chi connectivity index (χ0v) is 57.6. The molecule has 7 saturated carbocycles. The highest BCUT2D eigenvalue weighted by Crippen LogP contribution is 2.83. The number of carbonyl (C=O) groups excluding carboxylic acids is 2. The second-order valence-electron chi connectivity index (χ2n) is 34.5. The number of phenolic OH excluding ortho intramolecular Hbond substituents is 1.